The number of hydrogen-bond acceptors (Lipinski definition) is 4. The number of benzene rings is 1. The number of carbonyl (C=O) groups excluding carboxylic acids is 1. The van der Waals surface area contributed by atoms with Gasteiger partial charge in [0.15, 0.2) is 0 Å². The predicted octanol–water partition coefficient (Wildman–Crippen LogP) is 3.40. The van der Waals surface area contributed by atoms with Crippen molar-refractivity contribution in [3.8, 4) is 17.0 Å². The summed E-state index contributed by atoms with van der Waals surface area (Å²) in [5.74, 6) is 0.723. The Kier molecular flexibility index (Phi) is 6.11. The monoisotopic (exact) mass is 422 g/mol. The number of methoxy groups -OCH3 is 1. The van der Waals surface area contributed by atoms with E-state index in [1.807, 2.05) is 48.9 Å². The van der Waals surface area contributed by atoms with Crippen LogP contribution in [0.25, 0.3) is 16.9 Å². The van der Waals surface area contributed by atoms with Crippen molar-refractivity contribution in [2.45, 2.75) is 57.9 Å². The van der Waals surface area contributed by atoms with Crippen LogP contribution in [0.15, 0.2) is 35.1 Å². The van der Waals surface area contributed by atoms with Gasteiger partial charge in [0.25, 0.3) is 5.56 Å². The van der Waals surface area contributed by atoms with Gasteiger partial charge in [-0.1, -0.05) is 31.4 Å². The van der Waals surface area contributed by atoms with Crippen LogP contribution in [0.5, 0.6) is 5.75 Å². The van der Waals surface area contributed by atoms with Crippen LogP contribution in [0.1, 0.15) is 49.8 Å². The lowest BCUT2D eigenvalue weighted by Gasteiger charge is -2.22. The third-order valence-electron chi connectivity index (χ3n) is 6.38. The molecule has 3 aromatic rings. The van der Waals surface area contributed by atoms with E-state index in [4.69, 9.17) is 4.74 Å². The van der Waals surface area contributed by atoms with Crippen LogP contribution >= 0.6 is 0 Å². The maximum absolute atomic E-state index is 13.2. The van der Waals surface area contributed by atoms with Gasteiger partial charge in [-0.3, -0.25) is 9.59 Å². The summed E-state index contributed by atoms with van der Waals surface area (Å²) in [5, 5.41) is 7.71. The summed E-state index contributed by atoms with van der Waals surface area (Å²) >= 11 is 0. The summed E-state index contributed by atoms with van der Waals surface area (Å²) < 4.78 is 8.85. The van der Waals surface area contributed by atoms with E-state index in [0.717, 1.165) is 24.1 Å². The van der Waals surface area contributed by atoms with E-state index in [9.17, 15) is 9.59 Å². The highest BCUT2D eigenvalue weighted by atomic mass is 16.5. The van der Waals surface area contributed by atoms with Crippen LogP contribution in [0.2, 0.25) is 0 Å². The summed E-state index contributed by atoms with van der Waals surface area (Å²) in [4.78, 5) is 25.7. The molecule has 0 radical (unpaired) electrons. The van der Waals surface area contributed by atoms with Gasteiger partial charge >= 0.3 is 0 Å². The molecule has 0 aliphatic heterocycles. The topological polar surface area (TPSA) is 77.6 Å². The second kappa shape index (κ2) is 8.96. The molecule has 1 aromatic carbocycles. The van der Waals surface area contributed by atoms with Crippen LogP contribution < -0.4 is 15.6 Å². The number of nitrogens with zero attached hydrogens (tertiary/aromatic N) is 3. The number of nitrogens with one attached hydrogen (secondary N) is 1. The van der Waals surface area contributed by atoms with Gasteiger partial charge < -0.3 is 14.6 Å². The molecule has 0 saturated heterocycles. The molecule has 1 aliphatic carbocycles. The maximum Gasteiger partial charge on any atom is 0.277 e. The molecule has 1 N–H and O–H groups in total. The Balaban J connectivity index is 1.61. The van der Waals surface area contributed by atoms with Crippen molar-refractivity contribution >= 4 is 11.6 Å². The molecule has 2 heterocycles. The van der Waals surface area contributed by atoms with Crippen LogP contribution in [0.4, 0.5) is 0 Å². The van der Waals surface area contributed by atoms with Crippen molar-refractivity contribution in [3.05, 3.63) is 51.9 Å². The van der Waals surface area contributed by atoms with Gasteiger partial charge in [0.05, 0.1) is 12.8 Å². The number of rotatable bonds is 6. The van der Waals surface area contributed by atoms with Gasteiger partial charge in [-0.15, -0.1) is 0 Å². The number of fused-ring (bicyclic) bond motifs is 1. The van der Waals surface area contributed by atoms with Crippen molar-refractivity contribution in [3.63, 3.8) is 0 Å². The fourth-order valence-electron chi connectivity index (χ4n) is 4.48. The Morgan fingerprint density at radius 1 is 1.23 bits per heavy atom. The second-order valence-corrected chi connectivity index (χ2v) is 8.33. The van der Waals surface area contributed by atoms with Gasteiger partial charge in [0.1, 0.15) is 11.4 Å². The number of amides is 1. The van der Waals surface area contributed by atoms with Crippen LogP contribution in [0.3, 0.4) is 0 Å². The molecule has 31 heavy (non-hydrogen) atoms. The minimum atomic E-state index is -0.169. The average molecular weight is 423 g/mol. The van der Waals surface area contributed by atoms with E-state index in [-0.39, 0.29) is 17.5 Å². The fraction of sp³-hybridized carbons (Fsp3) is 0.458. The highest BCUT2D eigenvalue weighted by Gasteiger charge is 2.19. The Morgan fingerprint density at radius 2 is 1.97 bits per heavy atom. The van der Waals surface area contributed by atoms with Crippen LogP contribution in [0, 0.1) is 6.92 Å². The van der Waals surface area contributed by atoms with Crippen LogP contribution in [-0.4, -0.2) is 33.2 Å². The fourth-order valence-corrected chi connectivity index (χ4v) is 4.48. The molecule has 2 aromatic heterocycles. The SMILES string of the molecule is COc1ccccc1-c1cc2n(C)c(C)c(CCC(=O)NC3CCCCC3)c(=O)n2n1. The molecule has 7 heteroatoms. The Morgan fingerprint density at radius 3 is 2.71 bits per heavy atom. The lowest BCUT2D eigenvalue weighted by molar-refractivity contribution is -0.121. The third kappa shape index (κ3) is 4.22. The van der Waals surface area contributed by atoms with E-state index in [1.165, 1.54) is 23.8 Å². The van der Waals surface area contributed by atoms with E-state index >= 15 is 0 Å². The lowest BCUT2D eigenvalue weighted by Crippen LogP contribution is -2.36. The summed E-state index contributed by atoms with van der Waals surface area (Å²) in [5.41, 5.74) is 3.53. The first-order valence-corrected chi connectivity index (χ1v) is 11.0. The van der Waals surface area contributed by atoms with E-state index in [1.54, 1.807) is 7.11 Å². The first-order valence-electron chi connectivity index (χ1n) is 11.0. The first-order chi connectivity index (χ1) is 15.0. The molecule has 0 bridgehead atoms. The zero-order valence-electron chi connectivity index (χ0n) is 18.5. The molecule has 0 spiro atoms. The highest BCUT2D eigenvalue weighted by molar-refractivity contribution is 5.76. The number of para-hydroxylation sites is 1. The van der Waals surface area contributed by atoms with Crippen molar-refractivity contribution in [1.29, 1.82) is 0 Å². The van der Waals surface area contributed by atoms with E-state index < -0.39 is 0 Å². The second-order valence-electron chi connectivity index (χ2n) is 8.33. The number of aromatic nitrogens is 3. The van der Waals surface area contributed by atoms with Crippen molar-refractivity contribution in [2.75, 3.05) is 7.11 Å². The summed E-state index contributed by atoms with van der Waals surface area (Å²) in [6.45, 7) is 1.92. The Hall–Kier alpha value is -3.09. The number of carbonyl (C=O) groups is 1. The Labute approximate surface area is 182 Å². The minimum Gasteiger partial charge on any atom is -0.496 e. The van der Waals surface area contributed by atoms with Gasteiger partial charge in [0.2, 0.25) is 5.91 Å². The van der Waals surface area contributed by atoms with Gasteiger partial charge in [0, 0.05) is 42.4 Å². The first kappa shape index (κ1) is 21.2. The maximum atomic E-state index is 13.2. The molecular weight excluding hydrogens is 392 g/mol. The van der Waals surface area contributed by atoms with Crippen molar-refractivity contribution in [1.82, 2.24) is 19.5 Å². The number of aryl methyl sites for hydroxylation is 1. The molecule has 164 valence electrons. The molecule has 1 aliphatic rings. The number of ether oxygens (including phenoxy) is 1. The predicted molar refractivity (Wildman–Crippen MR) is 120 cm³/mol. The van der Waals surface area contributed by atoms with Crippen molar-refractivity contribution in [2.24, 2.45) is 7.05 Å². The zero-order valence-corrected chi connectivity index (χ0v) is 18.5. The molecule has 1 amide bonds. The van der Waals surface area contributed by atoms with Gasteiger partial charge in [-0.25, -0.2) is 0 Å². The van der Waals surface area contributed by atoms with Crippen LogP contribution in [-0.2, 0) is 18.3 Å². The van der Waals surface area contributed by atoms with Gasteiger partial charge in [-0.05, 0) is 38.3 Å². The standard InChI is InChI=1S/C24H30N4O3/c1-16-18(13-14-22(29)25-17-9-5-4-6-10-17)24(30)28-23(27(16)2)15-20(26-28)19-11-7-8-12-21(19)31-3/h7-8,11-12,15,17H,4-6,9-10,13-14H2,1-3H3,(H,25,29). The number of hydrogen-bond donors (Lipinski definition) is 1. The minimum absolute atomic E-state index is 0.0172. The zero-order chi connectivity index (χ0) is 22.0. The quantitative estimate of drug-likeness (QED) is 0.661. The molecule has 4 rings (SSSR count). The molecule has 1 fully saturated rings. The molecule has 0 unspecified atom stereocenters. The summed E-state index contributed by atoms with van der Waals surface area (Å²) in [6, 6.07) is 9.79. The van der Waals surface area contributed by atoms with E-state index in [0.29, 0.717) is 35.5 Å². The average Bonchev–Trinajstić information content (AvgIpc) is 3.24. The normalized spacial score (nSPS) is 14.7. The molecule has 7 nitrogen and oxygen atoms in total. The van der Waals surface area contributed by atoms with Crippen molar-refractivity contribution < 1.29 is 9.53 Å². The van der Waals surface area contributed by atoms with E-state index in [2.05, 4.69) is 10.4 Å². The largest absolute Gasteiger partial charge is 0.496 e. The molecule has 0 atom stereocenters. The Bertz CT molecular complexity index is 1160. The van der Waals surface area contributed by atoms with Gasteiger partial charge in [-0.2, -0.15) is 9.61 Å². The smallest absolute Gasteiger partial charge is 0.277 e. The molecule has 1 saturated carbocycles. The molecular formula is C24H30N4O3. The lowest BCUT2D eigenvalue weighted by atomic mass is 9.95. The summed E-state index contributed by atoms with van der Waals surface area (Å²) in [6.07, 6.45) is 6.41. The highest BCUT2D eigenvalue weighted by Crippen LogP contribution is 2.29. The third-order valence-corrected chi connectivity index (χ3v) is 6.38. The summed E-state index contributed by atoms with van der Waals surface area (Å²) in [7, 11) is 3.54.